The number of carbonyl (C=O) groups is 2. The molecular weight excluding hydrogens is 240 g/mol. The monoisotopic (exact) mass is 268 g/mol. The maximum absolute atomic E-state index is 12.5. The van der Waals surface area contributed by atoms with Gasteiger partial charge in [0.2, 0.25) is 11.8 Å². The van der Waals surface area contributed by atoms with E-state index in [9.17, 15) is 9.59 Å². The highest BCUT2D eigenvalue weighted by Gasteiger charge is 2.50. The molecular formula is C15H28N2O2. The molecule has 0 aromatic rings. The Morgan fingerprint density at radius 3 is 2.26 bits per heavy atom. The molecule has 0 spiro atoms. The fourth-order valence-electron chi connectivity index (χ4n) is 2.88. The molecule has 19 heavy (non-hydrogen) atoms. The van der Waals surface area contributed by atoms with Crippen molar-refractivity contribution in [2.75, 3.05) is 27.2 Å². The van der Waals surface area contributed by atoms with Crippen LogP contribution >= 0.6 is 0 Å². The van der Waals surface area contributed by atoms with Crippen molar-refractivity contribution in [3.63, 3.8) is 0 Å². The molecule has 1 saturated heterocycles. The van der Waals surface area contributed by atoms with Gasteiger partial charge in [0, 0.05) is 12.5 Å². The van der Waals surface area contributed by atoms with Gasteiger partial charge in [0.15, 0.2) is 0 Å². The van der Waals surface area contributed by atoms with Crippen LogP contribution in [0.3, 0.4) is 0 Å². The van der Waals surface area contributed by atoms with E-state index in [0.717, 1.165) is 19.4 Å². The lowest BCUT2D eigenvalue weighted by Crippen LogP contribution is -2.36. The van der Waals surface area contributed by atoms with Crippen LogP contribution in [0.5, 0.6) is 0 Å². The minimum atomic E-state index is -0.179. The van der Waals surface area contributed by atoms with Gasteiger partial charge < -0.3 is 4.90 Å². The zero-order valence-corrected chi connectivity index (χ0v) is 13.2. The number of likely N-dealkylation sites (tertiary alicyclic amines) is 1. The highest BCUT2D eigenvalue weighted by Crippen LogP contribution is 2.41. The van der Waals surface area contributed by atoms with E-state index in [2.05, 4.69) is 25.7 Å². The Labute approximate surface area is 117 Å². The molecule has 1 fully saturated rings. The van der Waals surface area contributed by atoms with Crippen LogP contribution in [0.15, 0.2) is 0 Å². The first-order valence-electron chi connectivity index (χ1n) is 7.22. The Balaban J connectivity index is 2.76. The van der Waals surface area contributed by atoms with Crippen LogP contribution in [0.25, 0.3) is 0 Å². The average molecular weight is 268 g/mol. The Hall–Kier alpha value is -0.900. The molecule has 0 N–H and O–H groups in total. The summed E-state index contributed by atoms with van der Waals surface area (Å²) in [6.07, 6.45) is 1.75. The Morgan fingerprint density at radius 1 is 1.21 bits per heavy atom. The molecule has 4 heteroatoms. The molecule has 1 aliphatic rings. The normalized spacial score (nSPS) is 24.7. The van der Waals surface area contributed by atoms with E-state index in [1.165, 1.54) is 4.90 Å². The van der Waals surface area contributed by atoms with Crippen molar-refractivity contribution in [1.29, 1.82) is 0 Å². The van der Waals surface area contributed by atoms with Crippen LogP contribution in [-0.4, -0.2) is 48.8 Å². The molecule has 2 amide bonds. The van der Waals surface area contributed by atoms with Crippen molar-refractivity contribution in [3.05, 3.63) is 0 Å². The van der Waals surface area contributed by atoms with Crippen LogP contribution < -0.4 is 0 Å². The van der Waals surface area contributed by atoms with Crippen LogP contribution in [0.4, 0.5) is 0 Å². The van der Waals surface area contributed by atoms with Crippen molar-refractivity contribution in [2.45, 2.75) is 40.5 Å². The molecule has 1 rings (SSSR count). The van der Waals surface area contributed by atoms with Gasteiger partial charge in [0.1, 0.15) is 0 Å². The predicted molar refractivity (Wildman–Crippen MR) is 76.6 cm³/mol. The summed E-state index contributed by atoms with van der Waals surface area (Å²) in [4.78, 5) is 28.3. The summed E-state index contributed by atoms with van der Waals surface area (Å²) in [5.41, 5.74) is -0.109. The van der Waals surface area contributed by atoms with Crippen LogP contribution in [0.1, 0.15) is 40.5 Å². The second kappa shape index (κ2) is 6.04. The maximum atomic E-state index is 12.5. The first-order chi connectivity index (χ1) is 8.72. The summed E-state index contributed by atoms with van der Waals surface area (Å²) in [6.45, 7) is 9.60. The second-order valence-electron chi connectivity index (χ2n) is 6.59. The van der Waals surface area contributed by atoms with Crippen LogP contribution in [-0.2, 0) is 9.59 Å². The minimum Gasteiger partial charge on any atom is -0.309 e. The van der Waals surface area contributed by atoms with Crippen LogP contribution in [0, 0.1) is 17.3 Å². The number of nitrogens with zero attached hydrogens (tertiary/aromatic N) is 2. The van der Waals surface area contributed by atoms with E-state index < -0.39 is 0 Å². The van der Waals surface area contributed by atoms with E-state index in [4.69, 9.17) is 0 Å². The Morgan fingerprint density at radius 2 is 1.79 bits per heavy atom. The average Bonchev–Trinajstić information content (AvgIpc) is 2.53. The first-order valence-corrected chi connectivity index (χ1v) is 7.22. The Bertz CT molecular complexity index is 350. The minimum absolute atomic E-state index is 0.00952. The van der Waals surface area contributed by atoms with Gasteiger partial charge >= 0.3 is 0 Å². The van der Waals surface area contributed by atoms with Gasteiger partial charge in [0.25, 0.3) is 0 Å². The summed E-state index contributed by atoms with van der Waals surface area (Å²) < 4.78 is 0. The van der Waals surface area contributed by atoms with Gasteiger partial charge in [-0.15, -0.1) is 0 Å². The summed E-state index contributed by atoms with van der Waals surface area (Å²) in [5, 5.41) is 0. The van der Waals surface area contributed by atoms with Gasteiger partial charge in [-0.2, -0.15) is 0 Å². The lowest BCUT2D eigenvalue weighted by molar-refractivity contribution is -0.140. The number of hydrogen-bond acceptors (Lipinski definition) is 3. The van der Waals surface area contributed by atoms with Gasteiger partial charge in [-0.1, -0.05) is 34.1 Å². The van der Waals surface area contributed by atoms with E-state index in [0.29, 0.717) is 6.54 Å². The summed E-state index contributed by atoms with van der Waals surface area (Å²) in [5.74, 6) is -0.301. The number of hydrogen-bond donors (Lipinski definition) is 0. The predicted octanol–water partition coefficient (Wildman–Crippen LogP) is 2.00. The molecule has 0 aromatic heterocycles. The highest BCUT2D eigenvalue weighted by atomic mass is 16.2. The zero-order valence-electron chi connectivity index (χ0n) is 13.2. The number of carbonyl (C=O) groups excluding carboxylic acids is 2. The summed E-state index contributed by atoms with van der Waals surface area (Å²) in [7, 11) is 4.00. The van der Waals surface area contributed by atoms with Gasteiger partial charge in [0.05, 0.1) is 5.92 Å². The van der Waals surface area contributed by atoms with Crippen molar-refractivity contribution in [1.82, 2.24) is 9.80 Å². The van der Waals surface area contributed by atoms with Gasteiger partial charge in [-0.3, -0.25) is 14.5 Å². The largest absolute Gasteiger partial charge is 0.309 e. The summed E-state index contributed by atoms with van der Waals surface area (Å²) in [6, 6.07) is 0. The van der Waals surface area contributed by atoms with Crippen molar-refractivity contribution < 1.29 is 9.59 Å². The fraction of sp³-hybridized carbons (Fsp3) is 0.867. The third-order valence-corrected chi connectivity index (χ3v) is 4.43. The van der Waals surface area contributed by atoms with E-state index >= 15 is 0 Å². The van der Waals surface area contributed by atoms with Crippen LogP contribution in [0.2, 0.25) is 0 Å². The van der Waals surface area contributed by atoms with Crippen molar-refractivity contribution in [2.24, 2.45) is 17.3 Å². The lowest BCUT2D eigenvalue weighted by atomic mass is 9.72. The second-order valence-corrected chi connectivity index (χ2v) is 6.59. The number of imide groups is 1. The van der Waals surface area contributed by atoms with Gasteiger partial charge in [-0.25, -0.2) is 0 Å². The summed E-state index contributed by atoms with van der Waals surface area (Å²) >= 11 is 0. The first kappa shape index (κ1) is 16.2. The fourth-order valence-corrected chi connectivity index (χ4v) is 2.88. The zero-order chi connectivity index (χ0) is 14.8. The molecule has 0 aliphatic carbocycles. The molecule has 0 radical (unpaired) electrons. The topological polar surface area (TPSA) is 40.6 Å². The third-order valence-electron chi connectivity index (χ3n) is 4.43. The molecule has 2 atom stereocenters. The molecule has 110 valence electrons. The van der Waals surface area contributed by atoms with Gasteiger partial charge in [-0.05, 0) is 32.5 Å². The molecule has 0 saturated carbocycles. The van der Waals surface area contributed by atoms with E-state index in [-0.39, 0.29) is 29.1 Å². The lowest BCUT2D eigenvalue weighted by Gasteiger charge is -2.30. The van der Waals surface area contributed by atoms with Crippen molar-refractivity contribution >= 4 is 11.8 Å². The smallest absolute Gasteiger partial charge is 0.233 e. The SMILES string of the molecule is CCC(C)(C)C1C(=O)N(CCCN(C)C)C(=O)C1C. The van der Waals surface area contributed by atoms with Crippen molar-refractivity contribution in [3.8, 4) is 0 Å². The third kappa shape index (κ3) is 3.35. The molecule has 1 aliphatic heterocycles. The van der Waals surface area contributed by atoms with E-state index in [1.54, 1.807) is 0 Å². The quantitative estimate of drug-likeness (QED) is 0.692. The number of amides is 2. The molecule has 4 nitrogen and oxygen atoms in total. The molecule has 0 bridgehead atoms. The Kier molecular flexibility index (Phi) is 5.13. The number of rotatable bonds is 6. The highest BCUT2D eigenvalue weighted by molar-refractivity contribution is 6.05. The maximum Gasteiger partial charge on any atom is 0.233 e. The molecule has 0 aromatic carbocycles. The van der Waals surface area contributed by atoms with E-state index in [1.807, 2.05) is 21.0 Å². The molecule has 2 unspecified atom stereocenters. The standard InChI is InChI=1S/C15H28N2O2/c1-7-15(3,4)12-11(2)13(18)17(14(12)19)10-8-9-16(5)6/h11-12H,7-10H2,1-6H3. The molecule has 1 heterocycles.